The van der Waals surface area contributed by atoms with Gasteiger partial charge in [0.15, 0.2) is 0 Å². The molecule has 3 rings (SSSR count). The monoisotopic (exact) mass is 302 g/mol. The lowest BCUT2D eigenvalue weighted by Crippen LogP contribution is -2.47. The number of nitrogens with zero attached hydrogens (tertiary/aromatic N) is 1. The van der Waals surface area contributed by atoms with Crippen molar-refractivity contribution >= 4 is 22.9 Å². The summed E-state index contributed by atoms with van der Waals surface area (Å²) < 4.78 is 5.61. The highest BCUT2D eigenvalue weighted by atomic mass is 32.1. The number of amides is 1. The quantitative estimate of drug-likeness (QED) is 0.944. The third-order valence-electron chi connectivity index (χ3n) is 3.48. The van der Waals surface area contributed by atoms with Gasteiger partial charge in [-0.05, 0) is 17.0 Å². The van der Waals surface area contributed by atoms with Crippen LogP contribution in [0, 0.1) is 0 Å². The first-order valence-electron chi connectivity index (χ1n) is 7.02. The van der Waals surface area contributed by atoms with E-state index < -0.39 is 6.10 Å². The Hall–Kier alpha value is -1.69. The summed E-state index contributed by atoms with van der Waals surface area (Å²) in [5.41, 5.74) is 2.10. The largest absolute Gasteiger partial charge is 0.366 e. The van der Waals surface area contributed by atoms with Crippen LogP contribution in [0.4, 0.5) is 5.69 Å². The summed E-state index contributed by atoms with van der Waals surface area (Å²) in [5.74, 6) is -0.0637. The van der Waals surface area contributed by atoms with E-state index in [9.17, 15) is 4.79 Å². The van der Waals surface area contributed by atoms with Gasteiger partial charge in [-0.3, -0.25) is 9.69 Å². The Morgan fingerprint density at radius 3 is 2.95 bits per heavy atom. The standard InChI is InChI=1S/C16H18N2O2S/c19-16(17-14-6-9-21-12-14)15-11-18(7-8-20-15)10-13-4-2-1-3-5-13/h1-6,9,12,15H,7-8,10-11H2,(H,17,19)/t15-/m1/s1. The molecule has 1 aromatic heterocycles. The normalized spacial score (nSPS) is 19.3. The van der Waals surface area contributed by atoms with Crippen molar-refractivity contribution in [1.82, 2.24) is 4.90 Å². The fourth-order valence-electron chi connectivity index (χ4n) is 2.40. The van der Waals surface area contributed by atoms with E-state index in [0.717, 1.165) is 18.8 Å². The van der Waals surface area contributed by atoms with Crippen LogP contribution in [0.3, 0.4) is 0 Å². The van der Waals surface area contributed by atoms with E-state index >= 15 is 0 Å². The number of carbonyl (C=O) groups excluding carboxylic acids is 1. The topological polar surface area (TPSA) is 41.6 Å². The molecule has 4 nitrogen and oxygen atoms in total. The second kappa shape index (κ2) is 6.85. The van der Waals surface area contributed by atoms with Gasteiger partial charge in [-0.2, -0.15) is 11.3 Å². The Bertz CT molecular complexity index is 571. The maximum absolute atomic E-state index is 12.2. The number of carbonyl (C=O) groups is 1. The summed E-state index contributed by atoms with van der Waals surface area (Å²) in [6.45, 7) is 2.93. The first-order valence-corrected chi connectivity index (χ1v) is 7.96. The molecule has 1 amide bonds. The molecule has 1 aliphatic rings. The number of rotatable bonds is 4. The highest BCUT2D eigenvalue weighted by Gasteiger charge is 2.26. The molecule has 1 N–H and O–H groups in total. The van der Waals surface area contributed by atoms with Crippen molar-refractivity contribution in [1.29, 1.82) is 0 Å². The summed E-state index contributed by atoms with van der Waals surface area (Å²) in [6, 6.07) is 12.2. The van der Waals surface area contributed by atoms with E-state index in [1.54, 1.807) is 11.3 Å². The minimum Gasteiger partial charge on any atom is -0.366 e. The summed E-state index contributed by atoms with van der Waals surface area (Å²) >= 11 is 1.56. The molecule has 1 aromatic carbocycles. The molecule has 2 aromatic rings. The zero-order valence-corrected chi connectivity index (χ0v) is 12.5. The van der Waals surface area contributed by atoms with E-state index in [1.807, 2.05) is 35.0 Å². The maximum atomic E-state index is 12.2. The minimum atomic E-state index is -0.401. The summed E-state index contributed by atoms with van der Waals surface area (Å²) in [4.78, 5) is 14.5. The second-order valence-electron chi connectivity index (χ2n) is 5.08. The average molecular weight is 302 g/mol. The summed E-state index contributed by atoms with van der Waals surface area (Å²) in [5, 5.41) is 6.76. The van der Waals surface area contributed by atoms with Gasteiger partial charge in [-0.1, -0.05) is 30.3 Å². The van der Waals surface area contributed by atoms with Crippen LogP contribution in [0.25, 0.3) is 0 Å². The molecule has 1 fully saturated rings. The van der Waals surface area contributed by atoms with Crippen LogP contribution in [-0.4, -0.2) is 36.6 Å². The molecular weight excluding hydrogens is 284 g/mol. The fraction of sp³-hybridized carbons (Fsp3) is 0.312. The van der Waals surface area contributed by atoms with E-state index in [2.05, 4.69) is 22.3 Å². The van der Waals surface area contributed by atoms with E-state index in [0.29, 0.717) is 13.2 Å². The Morgan fingerprint density at radius 1 is 1.33 bits per heavy atom. The van der Waals surface area contributed by atoms with Crippen LogP contribution in [0.5, 0.6) is 0 Å². The van der Waals surface area contributed by atoms with Gasteiger partial charge in [0.1, 0.15) is 6.10 Å². The van der Waals surface area contributed by atoms with Gasteiger partial charge in [0.25, 0.3) is 5.91 Å². The van der Waals surface area contributed by atoms with Crippen LogP contribution in [0.15, 0.2) is 47.2 Å². The minimum absolute atomic E-state index is 0.0637. The number of ether oxygens (including phenoxy) is 1. The Balaban J connectivity index is 1.56. The molecule has 0 bridgehead atoms. The second-order valence-corrected chi connectivity index (χ2v) is 5.86. The van der Waals surface area contributed by atoms with Crippen LogP contribution in [0.2, 0.25) is 0 Å². The smallest absolute Gasteiger partial charge is 0.254 e. The number of thiophene rings is 1. The zero-order chi connectivity index (χ0) is 14.5. The molecule has 0 unspecified atom stereocenters. The van der Waals surface area contributed by atoms with Crippen molar-refractivity contribution in [3.05, 3.63) is 52.7 Å². The van der Waals surface area contributed by atoms with Gasteiger partial charge in [0.05, 0.1) is 12.3 Å². The molecule has 1 atom stereocenters. The first kappa shape index (κ1) is 14.3. The van der Waals surface area contributed by atoms with Crippen LogP contribution in [0.1, 0.15) is 5.56 Å². The lowest BCUT2D eigenvalue weighted by atomic mass is 10.2. The third kappa shape index (κ3) is 3.91. The molecule has 1 saturated heterocycles. The van der Waals surface area contributed by atoms with Crippen LogP contribution < -0.4 is 5.32 Å². The molecule has 5 heteroatoms. The van der Waals surface area contributed by atoms with Gasteiger partial charge in [-0.25, -0.2) is 0 Å². The van der Waals surface area contributed by atoms with Gasteiger partial charge < -0.3 is 10.1 Å². The van der Waals surface area contributed by atoms with Crippen LogP contribution in [-0.2, 0) is 16.1 Å². The SMILES string of the molecule is O=C(Nc1ccsc1)[C@H]1CN(Cc2ccccc2)CCO1. The summed E-state index contributed by atoms with van der Waals surface area (Å²) in [6.07, 6.45) is -0.401. The zero-order valence-electron chi connectivity index (χ0n) is 11.7. The van der Waals surface area contributed by atoms with Crippen molar-refractivity contribution in [2.75, 3.05) is 25.0 Å². The van der Waals surface area contributed by atoms with Crippen molar-refractivity contribution in [2.45, 2.75) is 12.6 Å². The van der Waals surface area contributed by atoms with Crippen molar-refractivity contribution in [3.63, 3.8) is 0 Å². The van der Waals surface area contributed by atoms with E-state index in [1.165, 1.54) is 5.56 Å². The first-order chi connectivity index (χ1) is 10.3. The number of hydrogen-bond acceptors (Lipinski definition) is 4. The molecule has 0 aliphatic carbocycles. The molecule has 0 radical (unpaired) electrons. The lowest BCUT2D eigenvalue weighted by molar-refractivity contribution is -0.133. The van der Waals surface area contributed by atoms with E-state index in [-0.39, 0.29) is 5.91 Å². The molecule has 0 saturated carbocycles. The van der Waals surface area contributed by atoms with Gasteiger partial charge in [0.2, 0.25) is 0 Å². The average Bonchev–Trinajstić information content (AvgIpc) is 3.01. The number of hydrogen-bond donors (Lipinski definition) is 1. The number of anilines is 1. The summed E-state index contributed by atoms with van der Waals surface area (Å²) in [7, 11) is 0. The molecular formula is C16H18N2O2S. The molecule has 0 spiro atoms. The number of nitrogens with one attached hydrogen (secondary N) is 1. The molecule has 21 heavy (non-hydrogen) atoms. The van der Waals surface area contributed by atoms with Crippen molar-refractivity contribution < 1.29 is 9.53 Å². The Kier molecular flexibility index (Phi) is 4.65. The molecule has 2 heterocycles. The predicted molar refractivity (Wildman–Crippen MR) is 84.4 cm³/mol. The van der Waals surface area contributed by atoms with E-state index in [4.69, 9.17) is 4.74 Å². The molecule has 110 valence electrons. The van der Waals surface area contributed by atoms with Gasteiger partial charge in [0, 0.05) is 25.0 Å². The fourth-order valence-corrected chi connectivity index (χ4v) is 2.99. The molecule has 1 aliphatic heterocycles. The number of benzene rings is 1. The highest BCUT2D eigenvalue weighted by Crippen LogP contribution is 2.15. The van der Waals surface area contributed by atoms with Gasteiger partial charge >= 0.3 is 0 Å². The third-order valence-corrected chi connectivity index (χ3v) is 4.16. The van der Waals surface area contributed by atoms with Crippen molar-refractivity contribution in [3.8, 4) is 0 Å². The maximum Gasteiger partial charge on any atom is 0.254 e. The number of morpholine rings is 1. The van der Waals surface area contributed by atoms with Crippen LogP contribution >= 0.6 is 11.3 Å². The van der Waals surface area contributed by atoms with Crippen molar-refractivity contribution in [2.24, 2.45) is 0 Å². The van der Waals surface area contributed by atoms with Gasteiger partial charge in [-0.15, -0.1) is 0 Å². The Labute approximate surface area is 128 Å². The lowest BCUT2D eigenvalue weighted by Gasteiger charge is -2.32. The predicted octanol–water partition coefficient (Wildman–Crippen LogP) is 2.59. The Morgan fingerprint density at radius 2 is 2.19 bits per heavy atom. The highest BCUT2D eigenvalue weighted by molar-refractivity contribution is 7.08.